The number of ether oxygens (including phenoxy) is 2. The second-order valence-electron chi connectivity index (χ2n) is 3.35. The summed E-state index contributed by atoms with van der Waals surface area (Å²) >= 11 is 4.78. The fraction of sp³-hybridized carbons (Fsp3) is 0.167. The second kappa shape index (κ2) is 8.59. The van der Waals surface area contributed by atoms with Gasteiger partial charge in [0.15, 0.2) is 0 Å². The van der Waals surface area contributed by atoms with Gasteiger partial charge in [-0.15, -0.1) is 0 Å². The number of rotatable bonds is 4. The van der Waals surface area contributed by atoms with Crippen molar-refractivity contribution < 1.29 is 14.3 Å². The Hall–Kier alpha value is -2.48. The fourth-order valence-corrected chi connectivity index (χ4v) is 1.20. The largest absolute Gasteiger partial charge is 0.473 e. The molecule has 0 fully saturated rings. The van der Waals surface area contributed by atoms with E-state index in [1.165, 1.54) is 20.4 Å². The number of methoxy groups -OCH3 is 2. The van der Waals surface area contributed by atoms with E-state index in [-0.39, 0.29) is 5.17 Å². The number of carbonyl (C=O) groups is 1. The van der Waals surface area contributed by atoms with Crippen molar-refractivity contribution in [2.24, 2.45) is 10.2 Å². The summed E-state index contributed by atoms with van der Waals surface area (Å²) in [7, 11) is 2.71. The van der Waals surface area contributed by atoms with Crippen LogP contribution in [0.3, 0.4) is 0 Å². The minimum absolute atomic E-state index is 0.166. The van der Waals surface area contributed by atoms with Gasteiger partial charge in [-0.1, -0.05) is 24.3 Å². The van der Waals surface area contributed by atoms with Crippen LogP contribution in [0.5, 0.6) is 0 Å². The predicted molar refractivity (Wildman–Crippen MR) is 79.9 cm³/mol. The molecule has 1 amide bonds. The molecule has 0 saturated heterocycles. The summed E-state index contributed by atoms with van der Waals surface area (Å²) in [5, 5.41) is 7.83. The van der Waals surface area contributed by atoms with Gasteiger partial charge in [0, 0.05) is 11.1 Å². The average Bonchev–Trinajstić information content (AvgIpc) is 2.48. The van der Waals surface area contributed by atoms with Crippen molar-refractivity contribution >= 4 is 35.9 Å². The maximum atomic E-state index is 10.9. The lowest BCUT2D eigenvalue weighted by Crippen LogP contribution is -2.17. The molecule has 20 heavy (non-hydrogen) atoms. The van der Waals surface area contributed by atoms with E-state index in [0.717, 1.165) is 11.1 Å². The Morgan fingerprint density at radius 2 is 1.65 bits per heavy atom. The summed E-state index contributed by atoms with van der Waals surface area (Å²) in [6, 6.07) is 7.34. The monoisotopic (exact) mass is 294 g/mol. The number of carbonyl (C=O) groups excluding carboxylic acids is 1. The average molecular weight is 294 g/mol. The summed E-state index contributed by atoms with van der Waals surface area (Å²) in [6.45, 7) is 0. The highest BCUT2D eigenvalue weighted by atomic mass is 32.1. The first kappa shape index (κ1) is 15.6. The predicted octanol–water partition coefficient (Wildman–Crippen LogP) is 1.23. The van der Waals surface area contributed by atoms with Crippen molar-refractivity contribution in [3.63, 3.8) is 0 Å². The van der Waals surface area contributed by atoms with Gasteiger partial charge in [-0.25, -0.2) is 15.6 Å². The number of hydrazone groups is 2. The van der Waals surface area contributed by atoms with Crippen molar-refractivity contribution in [3.8, 4) is 0 Å². The molecular weight excluding hydrogens is 280 g/mol. The Morgan fingerprint density at radius 1 is 1.10 bits per heavy atom. The van der Waals surface area contributed by atoms with E-state index in [1.54, 1.807) is 6.21 Å². The highest BCUT2D eigenvalue weighted by Crippen LogP contribution is 2.03. The minimum atomic E-state index is -0.639. The molecular formula is C12H14N4O3S. The van der Waals surface area contributed by atoms with Gasteiger partial charge in [0.1, 0.15) is 0 Å². The summed E-state index contributed by atoms with van der Waals surface area (Å²) in [6.07, 6.45) is 2.40. The van der Waals surface area contributed by atoms with Crippen LogP contribution in [-0.4, -0.2) is 37.9 Å². The van der Waals surface area contributed by atoms with Gasteiger partial charge in [0.25, 0.3) is 5.17 Å². The van der Waals surface area contributed by atoms with Crippen LogP contribution >= 0.6 is 12.2 Å². The number of amides is 1. The molecule has 0 unspecified atom stereocenters. The SMILES string of the molecule is COC(=O)N/N=C/c1ccccc1/C=N/NC(=S)OC. The molecule has 2 N–H and O–H groups in total. The molecule has 0 aliphatic carbocycles. The van der Waals surface area contributed by atoms with E-state index in [4.69, 9.17) is 17.0 Å². The molecule has 1 aromatic rings. The Bertz CT molecular complexity index is 484. The molecule has 0 aliphatic rings. The molecule has 1 rings (SSSR count). The van der Waals surface area contributed by atoms with Crippen LogP contribution in [-0.2, 0) is 9.47 Å². The Kier molecular flexibility index (Phi) is 6.69. The highest BCUT2D eigenvalue weighted by molar-refractivity contribution is 7.80. The maximum Gasteiger partial charge on any atom is 0.427 e. The van der Waals surface area contributed by atoms with E-state index in [2.05, 4.69) is 25.8 Å². The topological polar surface area (TPSA) is 84.3 Å². The normalized spacial score (nSPS) is 10.5. The number of nitrogens with one attached hydrogen (secondary N) is 2. The summed E-state index contributed by atoms with van der Waals surface area (Å²) in [5.74, 6) is 0. The third-order valence-corrected chi connectivity index (χ3v) is 2.34. The molecule has 0 radical (unpaired) electrons. The van der Waals surface area contributed by atoms with Crippen LogP contribution in [0.15, 0.2) is 34.5 Å². The molecule has 0 bridgehead atoms. The maximum absolute atomic E-state index is 10.9. The van der Waals surface area contributed by atoms with Gasteiger partial charge in [-0.05, 0) is 12.2 Å². The summed E-state index contributed by atoms with van der Waals surface area (Å²) in [5.41, 5.74) is 6.28. The number of hydrogen-bond acceptors (Lipinski definition) is 6. The van der Waals surface area contributed by atoms with Crippen molar-refractivity contribution in [1.82, 2.24) is 10.9 Å². The standard InChI is InChI=1S/C12H14N4O3S/c1-18-11(17)15-13-7-9-5-3-4-6-10(9)8-14-16-12(20)19-2/h3-8H,1-2H3,(H,15,17)(H,16,20)/b13-7+,14-8+. The number of benzene rings is 1. The van der Waals surface area contributed by atoms with Gasteiger partial charge in [0.05, 0.1) is 26.6 Å². The quantitative estimate of drug-likeness (QED) is 0.496. The Morgan fingerprint density at radius 3 is 2.15 bits per heavy atom. The van der Waals surface area contributed by atoms with E-state index in [0.29, 0.717) is 0 Å². The molecule has 0 aromatic heterocycles. The molecule has 0 saturated carbocycles. The molecule has 0 spiro atoms. The van der Waals surface area contributed by atoms with Crippen LogP contribution in [0.1, 0.15) is 11.1 Å². The second-order valence-corrected chi connectivity index (χ2v) is 3.72. The first-order valence-corrected chi connectivity index (χ1v) is 5.91. The molecule has 0 atom stereocenters. The van der Waals surface area contributed by atoms with Gasteiger partial charge in [-0.3, -0.25) is 0 Å². The third kappa shape index (κ3) is 5.44. The smallest absolute Gasteiger partial charge is 0.427 e. The zero-order chi connectivity index (χ0) is 14.8. The van der Waals surface area contributed by atoms with Gasteiger partial charge >= 0.3 is 6.09 Å². The zero-order valence-electron chi connectivity index (χ0n) is 11.0. The van der Waals surface area contributed by atoms with E-state index in [9.17, 15) is 4.79 Å². The van der Waals surface area contributed by atoms with Crippen LogP contribution in [0.4, 0.5) is 4.79 Å². The first-order valence-electron chi connectivity index (χ1n) is 5.50. The first-order chi connectivity index (χ1) is 9.67. The van der Waals surface area contributed by atoms with Gasteiger partial charge in [-0.2, -0.15) is 10.2 Å². The van der Waals surface area contributed by atoms with Crippen LogP contribution in [0.25, 0.3) is 0 Å². The van der Waals surface area contributed by atoms with E-state index >= 15 is 0 Å². The van der Waals surface area contributed by atoms with Crippen molar-refractivity contribution in [2.45, 2.75) is 0 Å². The molecule has 0 aliphatic heterocycles. The zero-order valence-corrected chi connectivity index (χ0v) is 11.8. The lowest BCUT2D eigenvalue weighted by atomic mass is 10.1. The molecule has 106 valence electrons. The Labute approximate surface area is 121 Å². The van der Waals surface area contributed by atoms with E-state index in [1.807, 2.05) is 24.3 Å². The molecule has 7 nitrogen and oxygen atoms in total. The van der Waals surface area contributed by atoms with E-state index < -0.39 is 6.09 Å². The molecule has 0 heterocycles. The number of hydrogen-bond donors (Lipinski definition) is 2. The van der Waals surface area contributed by atoms with Crippen LogP contribution in [0.2, 0.25) is 0 Å². The van der Waals surface area contributed by atoms with Crippen molar-refractivity contribution in [2.75, 3.05) is 14.2 Å². The number of thiocarbonyl (C=S) groups is 1. The molecule has 8 heteroatoms. The third-order valence-electron chi connectivity index (χ3n) is 2.09. The lowest BCUT2D eigenvalue weighted by molar-refractivity contribution is 0.171. The van der Waals surface area contributed by atoms with Gasteiger partial charge in [0.2, 0.25) is 0 Å². The van der Waals surface area contributed by atoms with Crippen LogP contribution in [0, 0.1) is 0 Å². The summed E-state index contributed by atoms with van der Waals surface area (Å²) < 4.78 is 9.13. The molecule has 1 aromatic carbocycles. The lowest BCUT2D eigenvalue weighted by Gasteiger charge is -2.01. The Balaban J connectivity index is 2.72. The minimum Gasteiger partial charge on any atom is -0.473 e. The van der Waals surface area contributed by atoms with Crippen LogP contribution < -0.4 is 10.9 Å². The number of nitrogens with zero attached hydrogens (tertiary/aromatic N) is 2. The highest BCUT2D eigenvalue weighted by Gasteiger charge is 1.98. The van der Waals surface area contributed by atoms with Crippen molar-refractivity contribution in [1.29, 1.82) is 0 Å². The van der Waals surface area contributed by atoms with Gasteiger partial charge < -0.3 is 9.47 Å². The van der Waals surface area contributed by atoms with Crippen molar-refractivity contribution in [3.05, 3.63) is 35.4 Å². The summed E-state index contributed by atoms with van der Waals surface area (Å²) in [4.78, 5) is 10.9. The fourth-order valence-electron chi connectivity index (χ4n) is 1.15.